The Morgan fingerprint density at radius 2 is 2.10 bits per heavy atom. The van der Waals surface area contributed by atoms with Crippen LogP contribution in [0.15, 0.2) is 35.5 Å². The quantitative estimate of drug-likeness (QED) is 0.920. The molecule has 0 atom stereocenters. The van der Waals surface area contributed by atoms with Crippen LogP contribution in [0.2, 0.25) is 0 Å². The Labute approximate surface area is 116 Å². The van der Waals surface area contributed by atoms with Gasteiger partial charge in [0.15, 0.2) is 9.84 Å². The molecule has 0 bridgehead atoms. The zero-order chi connectivity index (χ0) is 14.9. The molecule has 6 nitrogen and oxygen atoms in total. The van der Waals surface area contributed by atoms with Gasteiger partial charge in [0.1, 0.15) is 0 Å². The summed E-state index contributed by atoms with van der Waals surface area (Å²) < 4.78 is 26.3. The van der Waals surface area contributed by atoms with E-state index in [9.17, 15) is 13.2 Å². The standard InChI is InChI=1S/C13H14N2O4S/c1-9-11(13(16)17)4-3-5-12(9)20(18,19)8-10-6-14-15(2)7-10/h3-7H,8H2,1-2H3,(H,16,17). The highest BCUT2D eigenvalue weighted by atomic mass is 32.2. The van der Waals surface area contributed by atoms with Crippen LogP contribution in [-0.4, -0.2) is 29.3 Å². The summed E-state index contributed by atoms with van der Waals surface area (Å²) in [6, 6.07) is 4.25. The van der Waals surface area contributed by atoms with Gasteiger partial charge in [-0.15, -0.1) is 0 Å². The molecule has 0 aliphatic heterocycles. The number of hydrogen-bond acceptors (Lipinski definition) is 4. The van der Waals surface area contributed by atoms with Crippen molar-refractivity contribution in [2.45, 2.75) is 17.6 Å². The fourth-order valence-corrected chi connectivity index (χ4v) is 3.63. The van der Waals surface area contributed by atoms with Crippen LogP contribution in [0, 0.1) is 6.92 Å². The molecule has 0 aliphatic rings. The van der Waals surface area contributed by atoms with Crippen molar-refractivity contribution in [2.75, 3.05) is 0 Å². The molecule has 0 radical (unpaired) electrons. The lowest BCUT2D eigenvalue weighted by Gasteiger charge is -2.09. The Kier molecular flexibility index (Phi) is 3.63. The van der Waals surface area contributed by atoms with Crippen molar-refractivity contribution < 1.29 is 18.3 Å². The van der Waals surface area contributed by atoms with Crippen LogP contribution in [0.3, 0.4) is 0 Å². The van der Waals surface area contributed by atoms with Gasteiger partial charge in [-0.05, 0) is 24.6 Å². The molecule has 0 saturated heterocycles. The minimum absolute atomic E-state index is 0.00254. The molecule has 1 N–H and O–H groups in total. The third-order valence-corrected chi connectivity index (χ3v) is 4.79. The SMILES string of the molecule is Cc1c(C(=O)O)cccc1S(=O)(=O)Cc1cnn(C)c1. The zero-order valence-corrected chi connectivity index (χ0v) is 11.9. The van der Waals surface area contributed by atoms with Crippen molar-refractivity contribution in [3.63, 3.8) is 0 Å². The number of aromatic carboxylic acids is 1. The van der Waals surface area contributed by atoms with Crippen LogP contribution >= 0.6 is 0 Å². The van der Waals surface area contributed by atoms with Gasteiger partial charge in [0, 0.05) is 18.8 Å². The van der Waals surface area contributed by atoms with Crippen LogP contribution in [-0.2, 0) is 22.6 Å². The molecule has 2 aromatic rings. The van der Waals surface area contributed by atoms with Gasteiger partial charge in [-0.3, -0.25) is 4.68 Å². The number of nitrogens with zero attached hydrogens (tertiary/aromatic N) is 2. The molecule has 0 spiro atoms. The Morgan fingerprint density at radius 3 is 2.65 bits per heavy atom. The van der Waals surface area contributed by atoms with Gasteiger partial charge >= 0.3 is 5.97 Å². The van der Waals surface area contributed by atoms with Crippen molar-refractivity contribution in [1.29, 1.82) is 0 Å². The molecule has 0 aliphatic carbocycles. The Balaban J connectivity index is 2.44. The first-order valence-electron chi connectivity index (χ1n) is 5.84. The first-order chi connectivity index (χ1) is 9.31. The molecule has 0 fully saturated rings. The smallest absolute Gasteiger partial charge is 0.335 e. The molecular formula is C13H14N2O4S. The van der Waals surface area contributed by atoms with Gasteiger partial charge in [0.25, 0.3) is 0 Å². The highest BCUT2D eigenvalue weighted by Gasteiger charge is 2.21. The van der Waals surface area contributed by atoms with Crippen LogP contribution < -0.4 is 0 Å². The number of carboxylic acid groups (broad SMARTS) is 1. The average molecular weight is 294 g/mol. The van der Waals surface area contributed by atoms with Crippen molar-refractivity contribution in [2.24, 2.45) is 7.05 Å². The first-order valence-corrected chi connectivity index (χ1v) is 7.49. The Morgan fingerprint density at radius 1 is 1.40 bits per heavy atom. The van der Waals surface area contributed by atoms with E-state index in [4.69, 9.17) is 5.11 Å². The molecule has 7 heteroatoms. The van der Waals surface area contributed by atoms with Gasteiger partial charge in [-0.1, -0.05) is 6.07 Å². The topological polar surface area (TPSA) is 89.3 Å². The van der Waals surface area contributed by atoms with Gasteiger partial charge in [-0.25, -0.2) is 13.2 Å². The second-order valence-corrected chi connectivity index (χ2v) is 6.47. The fourth-order valence-electron chi connectivity index (χ4n) is 2.03. The molecular weight excluding hydrogens is 280 g/mol. The van der Waals surface area contributed by atoms with E-state index in [-0.39, 0.29) is 21.8 Å². The maximum atomic E-state index is 12.4. The number of rotatable bonds is 4. The number of hydrogen-bond donors (Lipinski definition) is 1. The van der Waals surface area contributed by atoms with Crippen LogP contribution in [0.25, 0.3) is 0 Å². The van der Waals surface area contributed by atoms with Gasteiger partial charge in [0.2, 0.25) is 0 Å². The van der Waals surface area contributed by atoms with E-state index in [1.807, 2.05) is 0 Å². The lowest BCUT2D eigenvalue weighted by molar-refractivity contribution is 0.0696. The predicted octanol–water partition coefficient (Wildman–Crippen LogP) is 1.40. The number of carboxylic acids is 1. The molecule has 1 aromatic carbocycles. The Hall–Kier alpha value is -2.15. The van der Waals surface area contributed by atoms with Crippen molar-refractivity contribution in [1.82, 2.24) is 9.78 Å². The Bertz CT molecular complexity index is 762. The molecule has 1 aromatic heterocycles. The minimum Gasteiger partial charge on any atom is -0.478 e. The zero-order valence-electron chi connectivity index (χ0n) is 11.1. The molecule has 0 amide bonds. The summed E-state index contributed by atoms with van der Waals surface area (Å²) in [5.74, 6) is -1.34. The average Bonchev–Trinajstić information content (AvgIpc) is 2.73. The van der Waals surface area contributed by atoms with Crippen LogP contribution in [0.4, 0.5) is 0 Å². The van der Waals surface area contributed by atoms with E-state index in [0.717, 1.165) is 0 Å². The largest absolute Gasteiger partial charge is 0.478 e. The van der Waals surface area contributed by atoms with E-state index in [0.29, 0.717) is 5.56 Å². The number of aromatic nitrogens is 2. The second kappa shape index (κ2) is 5.09. The molecule has 2 rings (SSSR count). The highest BCUT2D eigenvalue weighted by Crippen LogP contribution is 2.22. The highest BCUT2D eigenvalue weighted by molar-refractivity contribution is 7.90. The van der Waals surface area contributed by atoms with E-state index in [2.05, 4.69) is 5.10 Å². The lowest BCUT2D eigenvalue weighted by Crippen LogP contribution is -2.10. The van der Waals surface area contributed by atoms with Crippen LogP contribution in [0.1, 0.15) is 21.5 Å². The number of carbonyl (C=O) groups is 1. The van der Waals surface area contributed by atoms with E-state index >= 15 is 0 Å². The molecule has 1 heterocycles. The van der Waals surface area contributed by atoms with E-state index < -0.39 is 15.8 Å². The normalized spacial score (nSPS) is 11.5. The maximum absolute atomic E-state index is 12.4. The van der Waals surface area contributed by atoms with Gasteiger partial charge < -0.3 is 5.11 Å². The van der Waals surface area contributed by atoms with Crippen LogP contribution in [0.5, 0.6) is 0 Å². The van der Waals surface area contributed by atoms with Crippen molar-refractivity contribution >= 4 is 15.8 Å². The first kappa shape index (κ1) is 14.3. The van der Waals surface area contributed by atoms with E-state index in [1.165, 1.54) is 36.0 Å². The third-order valence-electron chi connectivity index (χ3n) is 2.96. The predicted molar refractivity (Wildman–Crippen MR) is 72.2 cm³/mol. The summed E-state index contributed by atoms with van der Waals surface area (Å²) in [7, 11) is -1.90. The fraction of sp³-hybridized carbons (Fsp3) is 0.231. The van der Waals surface area contributed by atoms with Crippen molar-refractivity contribution in [3.05, 3.63) is 47.3 Å². The summed E-state index contributed by atoms with van der Waals surface area (Å²) in [6.07, 6.45) is 3.10. The summed E-state index contributed by atoms with van der Waals surface area (Å²) in [4.78, 5) is 11.1. The lowest BCUT2D eigenvalue weighted by atomic mass is 10.1. The molecule has 20 heavy (non-hydrogen) atoms. The minimum atomic E-state index is -3.60. The molecule has 106 valence electrons. The van der Waals surface area contributed by atoms with Gasteiger partial charge in [0.05, 0.1) is 22.4 Å². The summed E-state index contributed by atoms with van der Waals surface area (Å²) in [6.45, 7) is 1.50. The number of aryl methyl sites for hydroxylation is 1. The van der Waals surface area contributed by atoms with Crippen molar-refractivity contribution in [3.8, 4) is 0 Å². The monoisotopic (exact) mass is 294 g/mol. The van der Waals surface area contributed by atoms with E-state index in [1.54, 1.807) is 13.2 Å². The number of benzene rings is 1. The summed E-state index contributed by atoms with van der Waals surface area (Å²) in [5.41, 5.74) is 0.814. The maximum Gasteiger partial charge on any atom is 0.335 e. The molecule has 0 saturated carbocycles. The summed E-state index contributed by atoms with van der Waals surface area (Å²) >= 11 is 0. The second-order valence-electron chi connectivity index (χ2n) is 4.52. The summed E-state index contributed by atoms with van der Waals surface area (Å²) in [5, 5.41) is 13.0. The third kappa shape index (κ3) is 2.72. The molecule has 0 unspecified atom stereocenters. The number of sulfone groups is 1. The van der Waals surface area contributed by atoms with Gasteiger partial charge in [-0.2, -0.15) is 5.10 Å².